The Bertz CT molecular complexity index is 542. The fourth-order valence-corrected chi connectivity index (χ4v) is 2.94. The van der Waals surface area contributed by atoms with Crippen LogP contribution in [0.2, 0.25) is 0 Å². The number of anilines is 1. The summed E-state index contributed by atoms with van der Waals surface area (Å²) in [6.45, 7) is 5.92. The molecule has 1 fully saturated rings. The van der Waals surface area contributed by atoms with Gasteiger partial charge in [-0.3, -0.25) is 14.5 Å². The lowest BCUT2D eigenvalue weighted by molar-refractivity contribution is -0.125. The zero-order chi connectivity index (χ0) is 16.1. The highest BCUT2D eigenvalue weighted by Gasteiger charge is 2.25. The van der Waals surface area contributed by atoms with Gasteiger partial charge in [0, 0.05) is 12.2 Å². The zero-order valence-corrected chi connectivity index (χ0v) is 13.3. The lowest BCUT2D eigenvalue weighted by Crippen LogP contribution is -2.44. The first kappa shape index (κ1) is 16.5. The summed E-state index contributed by atoms with van der Waals surface area (Å²) in [5.41, 5.74) is 7.37. The number of para-hydroxylation sites is 1. The molecule has 2 rings (SSSR count). The molecule has 0 bridgehead atoms. The molecule has 3 N–H and O–H groups in total. The van der Waals surface area contributed by atoms with Crippen LogP contribution in [0.3, 0.4) is 0 Å². The third-order valence-corrected chi connectivity index (χ3v) is 4.13. The first-order chi connectivity index (χ1) is 10.5. The number of nitrogens with one attached hydrogen (secondary N) is 1. The molecule has 1 aliphatic rings. The van der Waals surface area contributed by atoms with E-state index in [-0.39, 0.29) is 17.7 Å². The second-order valence-corrected chi connectivity index (χ2v) is 6.27. The van der Waals surface area contributed by atoms with Gasteiger partial charge >= 0.3 is 0 Å². The normalized spacial score (nSPS) is 19.1. The number of piperidine rings is 1. The predicted octanol–water partition coefficient (Wildman–Crippen LogP) is 1.95. The van der Waals surface area contributed by atoms with E-state index >= 15 is 0 Å². The van der Waals surface area contributed by atoms with Crippen molar-refractivity contribution in [2.24, 2.45) is 11.7 Å². The molecule has 1 saturated heterocycles. The smallest absolute Gasteiger partial charge is 0.238 e. The van der Waals surface area contributed by atoms with E-state index in [0.717, 1.165) is 30.6 Å². The van der Waals surface area contributed by atoms with Crippen molar-refractivity contribution in [1.82, 2.24) is 4.90 Å². The Morgan fingerprint density at radius 1 is 1.36 bits per heavy atom. The Balaban J connectivity index is 1.94. The molecule has 120 valence electrons. The maximum Gasteiger partial charge on any atom is 0.238 e. The van der Waals surface area contributed by atoms with Gasteiger partial charge in [0.1, 0.15) is 0 Å². The number of benzene rings is 1. The van der Waals surface area contributed by atoms with Crippen molar-refractivity contribution in [1.29, 1.82) is 0 Å². The summed E-state index contributed by atoms with van der Waals surface area (Å²) < 4.78 is 0. The molecule has 22 heavy (non-hydrogen) atoms. The summed E-state index contributed by atoms with van der Waals surface area (Å²) in [5, 5.41) is 2.99. The van der Waals surface area contributed by atoms with Gasteiger partial charge in [-0.05, 0) is 36.9 Å². The third kappa shape index (κ3) is 4.31. The van der Waals surface area contributed by atoms with Gasteiger partial charge in [0.25, 0.3) is 0 Å². The Kier molecular flexibility index (Phi) is 5.55. The highest BCUT2D eigenvalue weighted by molar-refractivity contribution is 5.93. The molecule has 1 aromatic rings. The molecule has 5 heteroatoms. The number of likely N-dealkylation sites (tertiary alicyclic amines) is 1. The lowest BCUT2D eigenvalue weighted by Gasteiger charge is -2.30. The Morgan fingerprint density at radius 2 is 2.09 bits per heavy atom. The van der Waals surface area contributed by atoms with Crippen LogP contribution < -0.4 is 11.1 Å². The Hall–Kier alpha value is -1.88. The second kappa shape index (κ2) is 7.40. The van der Waals surface area contributed by atoms with Crippen LogP contribution >= 0.6 is 0 Å². The quantitative estimate of drug-likeness (QED) is 0.873. The van der Waals surface area contributed by atoms with Gasteiger partial charge in [0.2, 0.25) is 11.8 Å². The molecule has 1 atom stereocenters. The number of nitrogens with zero attached hydrogens (tertiary/aromatic N) is 1. The molecular formula is C17H25N3O2. The van der Waals surface area contributed by atoms with Gasteiger partial charge < -0.3 is 11.1 Å². The van der Waals surface area contributed by atoms with E-state index in [1.807, 2.05) is 29.2 Å². The SMILES string of the molecule is CC(C)c1ccccc1NC(=O)CN1CCC[C@@H](C(N)=O)C1. The Labute approximate surface area is 131 Å². The van der Waals surface area contributed by atoms with E-state index < -0.39 is 0 Å². The molecule has 5 nitrogen and oxygen atoms in total. The second-order valence-electron chi connectivity index (χ2n) is 6.27. The van der Waals surface area contributed by atoms with Gasteiger partial charge in [-0.25, -0.2) is 0 Å². The molecule has 0 spiro atoms. The van der Waals surface area contributed by atoms with E-state index in [0.29, 0.717) is 19.0 Å². The monoisotopic (exact) mass is 303 g/mol. The van der Waals surface area contributed by atoms with Crippen LogP contribution in [-0.2, 0) is 9.59 Å². The highest BCUT2D eigenvalue weighted by atomic mass is 16.2. The molecule has 0 radical (unpaired) electrons. The van der Waals surface area contributed by atoms with Crippen molar-refractivity contribution in [3.8, 4) is 0 Å². The Morgan fingerprint density at radius 3 is 2.77 bits per heavy atom. The number of rotatable bonds is 5. The molecule has 0 aliphatic carbocycles. The molecule has 1 aliphatic heterocycles. The average molecular weight is 303 g/mol. The summed E-state index contributed by atoms with van der Waals surface area (Å²) in [6.07, 6.45) is 1.73. The molecular weight excluding hydrogens is 278 g/mol. The van der Waals surface area contributed by atoms with Crippen molar-refractivity contribution in [2.45, 2.75) is 32.6 Å². The topological polar surface area (TPSA) is 75.4 Å². The first-order valence-corrected chi connectivity index (χ1v) is 7.88. The number of amides is 2. The van der Waals surface area contributed by atoms with Crippen LogP contribution in [0.4, 0.5) is 5.69 Å². The van der Waals surface area contributed by atoms with Crippen LogP contribution in [0.25, 0.3) is 0 Å². The largest absolute Gasteiger partial charge is 0.369 e. The van der Waals surface area contributed by atoms with Crippen molar-refractivity contribution in [3.63, 3.8) is 0 Å². The predicted molar refractivity (Wildman–Crippen MR) is 87.5 cm³/mol. The minimum atomic E-state index is -0.268. The molecule has 0 unspecified atom stereocenters. The summed E-state index contributed by atoms with van der Waals surface area (Å²) in [7, 11) is 0. The summed E-state index contributed by atoms with van der Waals surface area (Å²) in [5.74, 6) is -0.0938. The molecule has 0 saturated carbocycles. The number of nitrogens with two attached hydrogens (primary N) is 1. The first-order valence-electron chi connectivity index (χ1n) is 7.88. The maximum absolute atomic E-state index is 12.3. The number of carbonyl (C=O) groups excluding carboxylic acids is 2. The molecule has 1 aromatic carbocycles. The molecule has 2 amide bonds. The fraction of sp³-hybridized carbons (Fsp3) is 0.529. The minimum absolute atomic E-state index is 0.0433. The molecule has 0 aromatic heterocycles. The van der Waals surface area contributed by atoms with Gasteiger partial charge in [0.05, 0.1) is 12.5 Å². The number of carbonyl (C=O) groups is 2. The lowest BCUT2D eigenvalue weighted by atomic mass is 9.97. The number of hydrogen-bond acceptors (Lipinski definition) is 3. The number of hydrogen-bond donors (Lipinski definition) is 2. The van der Waals surface area contributed by atoms with Crippen molar-refractivity contribution in [3.05, 3.63) is 29.8 Å². The van der Waals surface area contributed by atoms with Crippen LogP contribution in [0, 0.1) is 5.92 Å². The van der Waals surface area contributed by atoms with E-state index in [9.17, 15) is 9.59 Å². The van der Waals surface area contributed by atoms with Gasteiger partial charge in [-0.1, -0.05) is 32.0 Å². The van der Waals surface area contributed by atoms with Crippen LogP contribution in [0.1, 0.15) is 38.2 Å². The molecule has 1 heterocycles. The van der Waals surface area contributed by atoms with Crippen molar-refractivity contribution in [2.75, 3.05) is 25.0 Å². The maximum atomic E-state index is 12.3. The highest BCUT2D eigenvalue weighted by Crippen LogP contribution is 2.23. The van der Waals surface area contributed by atoms with Crippen LogP contribution in [0.5, 0.6) is 0 Å². The number of primary amides is 1. The van der Waals surface area contributed by atoms with Gasteiger partial charge in [-0.15, -0.1) is 0 Å². The minimum Gasteiger partial charge on any atom is -0.369 e. The van der Waals surface area contributed by atoms with E-state index in [4.69, 9.17) is 5.73 Å². The van der Waals surface area contributed by atoms with Gasteiger partial charge in [-0.2, -0.15) is 0 Å². The third-order valence-electron chi connectivity index (χ3n) is 4.13. The van der Waals surface area contributed by atoms with Gasteiger partial charge in [0.15, 0.2) is 0 Å². The average Bonchev–Trinajstić information content (AvgIpc) is 2.47. The van der Waals surface area contributed by atoms with Crippen molar-refractivity contribution >= 4 is 17.5 Å². The summed E-state index contributed by atoms with van der Waals surface area (Å²) in [6, 6.07) is 7.86. The van der Waals surface area contributed by atoms with Crippen molar-refractivity contribution < 1.29 is 9.59 Å². The standard InChI is InChI=1S/C17H25N3O2/c1-12(2)14-7-3-4-8-15(14)19-16(21)11-20-9-5-6-13(10-20)17(18)22/h3-4,7-8,12-13H,5-6,9-11H2,1-2H3,(H2,18,22)(H,19,21)/t13-/m1/s1. The summed E-state index contributed by atoms with van der Waals surface area (Å²) in [4.78, 5) is 25.6. The zero-order valence-electron chi connectivity index (χ0n) is 13.3. The van der Waals surface area contributed by atoms with Crippen LogP contribution in [0.15, 0.2) is 24.3 Å². The van der Waals surface area contributed by atoms with E-state index in [1.165, 1.54) is 0 Å². The fourth-order valence-electron chi connectivity index (χ4n) is 2.94. The van der Waals surface area contributed by atoms with E-state index in [2.05, 4.69) is 19.2 Å². The van der Waals surface area contributed by atoms with E-state index in [1.54, 1.807) is 0 Å². The van der Waals surface area contributed by atoms with Crippen LogP contribution in [-0.4, -0.2) is 36.3 Å². The summed E-state index contributed by atoms with van der Waals surface area (Å²) >= 11 is 0.